The highest BCUT2D eigenvalue weighted by Crippen LogP contribution is 2.32. The Bertz CT molecular complexity index is 483. The van der Waals surface area contributed by atoms with E-state index >= 15 is 0 Å². The van der Waals surface area contributed by atoms with Gasteiger partial charge in [-0.2, -0.15) is 0 Å². The molecule has 0 saturated carbocycles. The molecule has 1 fully saturated rings. The molecule has 1 aliphatic heterocycles. The highest BCUT2D eigenvalue weighted by Gasteiger charge is 2.27. The molecule has 20 heavy (non-hydrogen) atoms. The Balaban J connectivity index is 2.17. The van der Waals surface area contributed by atoms with E-state index in [9.17, 15) is 14.3 Å². The normalized spacial score (nSPS) is 17.9. The molecule has 1 aliphatic rings. The van der Waals surface area contributed by atoms with Crippen molar-refractivity contribution in [2.75, 3.05) is 25.0 Å². The third-order valence-corrected chi connectivity index (χ3v) is 3.90. The average Bonchev–Trinajstić information content (AvgIpc) is 2.46. The summed E-state index contributed by atoms with van der Waals surface area (Å²) >= 11 is 0. The Morgan fingerprint density at radius 3 is 2.65 bits per heavy atom. The lowest BCUT2D eigenvalue weighted by Crippen LogP contribution is -2.40. The fourth-order valence-corrected chi connectivity index (χ4v) is 2.77. The number of rotatable bonds is 3. The molecule has 0 bridgehead atoms. The number of anilines is 1. The molecule has 5 heteroatoms. The minimum atomic E-state index is -0.711. The van der Waals surface area contributed by atoms with Gasteiger partial charge in [-0.15, -0.1) is 0 Å². The van der Waals surface area contributed by atoms with E-state index in [1.807, 2.05) is 4.90 Å². The van der Waals surface area contributed by atoms with Gasteiger partial charge in [0.15, 0.2) is 0 Å². The van der Waals surface area contributed by atoms with Crippen LogP contribution in [0.15, 0.2) is 18.2 Å². The van der Waals surface area contributed by atoms with Crippen LogP contribution in [0.4, 0.5) is 10.1 Å². The van der Waals surface area contributed by atoms with Crippen LogP contribution in [0.5, 0.6) is 0 Å². The van der Waals surface area contributed by atoms with E-state index in [2.05, 4.69) is 5.32 Å². The zero-order valence-electron chi connectivity index (χ0n) is 11.9. The molecule has 1 aromatic rings. The molecule has 1 saturated heterocycles. The Hall–Kier alpha value is -1.62. The van der Waals surface area contributed by atoms with Crippen LogP contribution in [0, 0.1) is 11.7 Å². The Morgan fingerprint density at radius 1 is 1.45 bits per heavy atom. The maximum atomic E-state index is 14.1. The summed E-state index contributed by atoms with van der Waals surface area (Å²) in [5.41, 5.74) is 1.07. The number of amides is 1. The van der Waals surface area contributed by atoms with E-state index in [1.165, 1.54) is 6.07 Å². The van der Waals surface area contributed by atoms with E-state index in [0.717, 1.165) is 0 Å². The topological polar surface area (TPSA) is 52.6 Å². The van der Waals surface area contributed by atoms with E-state index in [-0.39, 0.29) is 17.6 Å². The van der Waals surface area contributed by atoms with Crippen molar-refractivity contribution in [1.82, 2.24) is 5.32 Å². The molecular weight excluding hydrogens is 259 g/mol. The quantitative estimate of drug-likeness (QED) is 0.888. The molecule has 1 aromatic carbocycles. The third-order valence-electron chi connectivity index (χ3n) is 3.90. The van der Waals surface area contributed by atoms with Gasteiger partial charge in [-0.3, -0.25) is 4.79 Å². The number of aliphatic hydroxyl groups excluding tert-OH is 1. The number of halogens is 1. The lowest BCUT2D eigenvalue weighted by atomic mass is 9.94. The van der Waals surface area contributed by atoms with E-state index < -0.39 is 6.10 Å². The number of benzene rings is 1. The van der Waals surface area contributed by atoms with Crippen LogP contribution < -0.4 is 10.2 Å². The summed E-state index contributed by atoms with van der Waals surface area (Å²) in [6.45, 7) is 2.88. The van der Waals surface area contributed by atoms with E-state index in [4.69, 9.17) is 0 Å². The number of aliphatic hydroxyl groups is 1. The second-order valence-electron chi connectivity index (χ2n) is 5.23. The van der Waals surface area contributed by atoms with Gasteiger partial charge in [0.2, 0.25) is 5.91 Å². The maximum Gasteiger partial charge on any atom is 0.222 e. The smallest absolute Gasteiger partial charge is 0.222 e. The minimum Gasteiger partial charge on any atom is -0.389 e. The predicted molar refractivity (Wildman–Crippen MR) is 76.0 cm³/mol. The van der Waals surface area contributed by atoms with Crippen molar-refractivity contribution < 1.29 is 14.3 Å². The van der Waals surface area contributed by atoms with Gasteiger partial charge in [-0.1, -0.05) is 12.1 Å². The summed E-state index contributed by atoms with van der Waals surface area (Å²) in [6.07, 6.45) is 0.693. The molecule has 2 N–H and O–H groups in total. The van der Waals surface area contributed by atoms with Gasteiger partial charge in [-0.25, -0.2) is 4.39 Å². The van der Waals surface area contributed by atoms with Gasteiger partial charge < -0.3 is 15.3 Å². The summed E-state index contributed by atoms with van der Waals surface area (Å²) in [5.74, 6) is -0.270. The summed E-state index contributed by atoms with van der Waals surface area (Å²) in [7, 11) is 1.64. The summed E-state index contributed by atoms with van der Waals surface area (Å²) < 4.78 is 14.1. The number of nitrogens with zero attached hydrogens (tertiary/aromatic N) is 1. The van der Waals surface area contributed by atoms with Crippen LogP contribution in [-0.4, -0.2) is 31.2 Å². The first-order valence-electron chi connectivity index (χ1n) is 6.97. The van der Waals surface area contributed by atoms with Gasteiger partial charge in [0, 0.05) is 31.6 Å². The Kier molecular flexibility index (Phi) is 4.60. The molecule has 110 valence electrons. The molecule has 0 aliphatic carbocycles. The van der Waals surface area contributed by atoms with Gasteiger partial charge in [-0.05, 0) is 25.8 Å². The molecule has 1 heterocycles. The van der Waals surface area contributed by atoms with Gasteiger partial charge in [0.05, 0.1) is 11.8 Å². The fourth-order valence-electron chi connectivity index (χ4n) is 2.77. The van der Waals surface area contributed by atoms with Gasteiger partial charge >= 0.3 is 0 Å². The third kappa shape index (κ3) is 2.93. The number of para-hydroxylation sites is 1. The average molecular weight is 280 g/mol. The first kappa shape index (κ1) is 14.8. The minimum absolute atomic E-state index is 0.00183. The largest absolute Gasteiger partial charge is 0.389 e. The lowest BCUT2D eigenvalue weighted by molar-refractivity contribution is -0.125. The second-order valence-corrected chi connectivity index (χ2v) is 5.23. The van der Waals surface area contributed by atoms with E-state index in [1.54, 1.807) is 26.1 Å². The number of carbonyl (C=O) groups excluding carboxylic acids is 1. The van der Waals surface area contributed by atoms with Crippen molar-refractivity contribution >= 4 is 11.6 Å². The van der Waals surface area contributed by atoms with Crippen LogP contribution >= 0.6 is 0 Å². The number of nitrogens with one attached hydrogen (secondary N) is 1. The van der Waals surface area contributed by atoms with Crippen LogP contribution in [0.3, 0.4) is 0 Å². The highest BCUT2D eigenvalue weighted by molar-refractivity contribution is 5.78. The molecular formula is C15H21FN2O2. The van der Waals surface area contributed by atoms with Crippen LogP contribution in [0.2, 0.25) is 0 Å². The SMILES string of the molecule is CNC(=O)C1CCN(c2c(F)cccc2C(C)O)CC1. The first-order valence-corrected chi connectivity index (χ1v) is 6.97. The standard InChI is InChI=1S/C15H21FN2O2/c1-10(19)12-4-3-5-13(16)14(12)18-8-6-11(7-9-18)15(20)17-2/h3-5,10-11,19H,6-9H2,1-2H3,(H,17,20). The molecule has 1 atom stereocenters. The number of hydrogen-bond acceptors (Lipinski definition) is 3. The monoisotopic (exact) mass is 280 g/mol. The van der Waals surface area contributed by atoms with Crippen molar-refractivity contribution in [2.24, 2.45) is 5.92 Å². The molecule has 1 amide bonds. The maximum absolute atomic E-state index is 14.1. The molecule has 0 spiro atoms. The van der Waals surface area contributed by atoms with Gasteiger partial charge in [0.1, 0.15) is 5.82 Å². The molecule has 0 radical (unpaired) electrons. The van der Waals surface area contributed by atoms with Crippen molar-refractivity contribution in [2.45, 2.75) is 25.9 Å². The van der Waals surface area contributed by atoms with E-state index in [0.29, 0.717) is 37.2 Å². The van der Waals surface area contributed by atoms with Crippen LogP contribution in [0.25, 0.3) is 0 Å². The zero-order chi connectivity index (χ0) is 14.7. The Labute approximate surface area is 118 Å². The van der Waals surface area contributed by atoms with Crippen molar-refractivity contribution in [3.63, 3.8) is 0 Å². The zero-order valence-corrected chi connectivity index (χ0v) is 11.9. The van der Waals surface area contributed by atoms with Crippen molar-refractivity contribution in [3.05, 3.63) is 29.6 Å². The van der Waals surface area contributed by atoms with Crippen LogP contribution in [-0.2, 0) is 4.79 Å². The number of hydrogen-bond donors (Lipinski definition) is 2. The summed E-state index contributed by atoms with van der Waals surface area (Å²) in [6, 6.07) is 4.76. The van der Waals surface area contributed by atoms with Crippen LogP contribution in [0.1, 0.15) is 31.4 Å². The lowest BCUT2D eigenvalue weighted by Gasteiger charge is -2.34. The molecule has 1 unspecified atom stereocenters. The van der Waals surface area contributed by atoms with Gasteiger partial charge in [0.25, 0.3) is 0 Å². The number of piperidine rings is 1. The summed E-state index contributed by atoms with van der Waals surface area (Å²) in [4.78, 5) is 13.5. The highest BCUT2D eigenvalue weighted by atomic mass is 19.1. The van der Waals surface area contributed by atoms with Crippen molar-refractivity contribution in [3.8, 4) is 0 Å². The predicted octanol–water partition coefficient (Wildman–Crippen LogP) is 1.84. The fraction of sp³-hybridized carbons (Fsp3) is 0.533. The second kappa shape index (κ2) is 6.22. The van der Waals surface area contributed by atoms with Crippen molar-refractivity contribution in [1.29, 1.82) is 0 Å². The number of carbonyl (C=O) groups is 1. The molecule has 4 nitrogen and oxygen atoms in total. The summed E-state index contributed by atoms with van der Waals surface area (Å²) in [5, 5.41) is 12.4. The Morgan fingerprint density at radius 2 is 2.10 bits per heavy atom. The first-order chi connectivity index (χ1) is 9.54. The molecule has 0 aromatic heterocycles. The molecule has 2 rings (SSSR count).